The van der Waals surface area contributed by atoms with E-state index in [1.165, 1.54) is 6.07 Å². The van der Waals surface area contributed by atoms with Crippen LogP contribution in [0.2, 0.25) is 0 Å². The van der Waals surface area contributed by atoms with Gasteiger partial charge in [-0.2, -0.15) is 0 Å². The van der Waals surface area contributed by atoms with E-state index in [0.717, 1.165) is 7.11 Å². The largest absolute Gasteiger partial charge is 0.507 e. The maximum atomic E-state index is 13.1. The minimum atomic E-state index is -2.86. The van der Waals surface area contributed by atoms with E-state index in [9.17, 15) is 29.7 Å². The number of aliphatic hydroxyl groups is 2. The minimum absolute atomic E-state index is 0.230. The minimum Gasteiger partial charge on any atom is -0.507 e. The Morgan fingerprint density at radius 1 is 1.22 bits per heavy atom. The second kappa shape index (κ2) is 5.38. The van der Waals surface area contributed by atoms with Gasteiger partial charge in [0.1, 0.15) is 18.1 Å². The van der Waals surface area contributed by atoms with Gasteiger partial charge in [-0.05, 0) is 11.5 Å². The lowest BCUT2D eigenvalue weighted by molar-refractivity contribution is -0.135. The lowest BCUT2D eigenvalue weighted by atomic mass is 9.67. The van der Waals surface area contributed by atoms with Gasteiger partial charge >= 0.3 is 5.97 Å². The van der Waals surface area contributed by atoms with Gasteiger partial charge in [0.05, 0.1) is 18.7 Å². The highest BCUT2D eigenvalue weighted by Gasteiger charge is 2.71. The predicted molar refractivity (Wildman–Crippen MR) is 90.2 cm³/mol. The summed E-state index contributed by atoms with van der Waals surface area (Å²) in [4.78, 5) is 37.6. The van der Waals surface area contributed by atoms with Crippen LogP contribution in [-0.2, 0) is 14.3 Å². The second-order valence-corrected chi connectivity index (χ2v) is 6.42. The summed E-state index contributed by atoms with van der Waals surface area (Å²) in [5, 5.41) is 33.3. The van der Waals surface area contributed by atoms with Gasteiger partial charge in [-0.1, -0.05) is 24.3 Å². The van der Waals surface area contributed by atoms with Crippen LogP contribution < -0.4 is 0 Å². The summed E-state index contributed by atoms with van der Waals surface area (Å²) in [6.07, 6.45) is 0.687. The Kier molecular flexibility index (Phi) is 3.43. The molecule has 1 saturated heterocycles. The summed E-state index contributed by atoms with van der Waals surface area (Å²) in [7, 11) is 1.08. The number of esters is 1. The molecule has 2 aromatic carbocycles. The van der Waals surface area contributed by atoms with E-state index in [4.69, 9.17) is 4.74 Å². The molecule has 2 atom stereocenters. The molecular formula is C19H14O8. The van der Waals surface area contributed by atoms with Gasteiger partial charge in [0.2, 0.25) is 22.8 Å². The smallest absolute Gasteiger partial charge is 0.334 e. The normalized spacial score (nSPS) is 28.0. The SMILES string of the molecule is COC(=O)/C=C1/OC[C@@]2(O)C(=O)c3cc4ccccc4c(O)c3C(=O)[C@@]12O. The van der Waals surface area contributed by atoms with Crippen LogP contribution in [0.1, 0.15) is 20.7 Å². The number of carbonyl (C=O) groups is 3. The molecular weight excluding hydrogens is 356 g/mol. The fourth-order valence-corrected chi connectivity index (χ4v) is 3.58. The summed E-state index contributed by atoms with van der Waals surface area (Å²) < 4.78 is 9.57. The van der Waals surface area contributed by atoms with Crippen molar-refractivity contribution in [2.45, 2.75) is 11.2 Å². The number of benzene rings is 2. The van der Waals surface area contributed by atoms with Crippen LogP contribution in [-0.4, -0.2) is 57.8 Å². The molecule has 138 valence electrons. The summed E-state index contributed by atoms with van der Waals surface area (Å²) in [6, 6.07) is 7.86. The second-order valence-electron chi connectivity index (χ2n) is 6.42. The number of hydrogen-bond acceptors (Lipinski definition) is 8. The van der Waals surface area contributed by atoms with Crippen molar-refractivity contribution in [2.75, 3.05) is 13.7 Å². The monoisotopic (exact) mass is 370 g/mol. The van der Waals surface area contributed by atoms with Gasteiger partial charge in [0.25, 0.3) is 0 Å². The molecule has 0 amide bonds. The van der Waals surface area contributed by atoms with Crippen LogP contribution in [0.5, 0.6) is 5.75 Å². The Hall–Kier alpha value is -3.23. The molecule has 3 N–H and O–H groups in total. The number of rotatable bonds is 1. The van der Waals surface area contributed by atoms with E-state index in [1.807, 2.05) is 0 Å². The Balaban J connectivity index is 2.03. The molecule has 0 spiro atoms. The van der Waals surface area contributed by atoms with Gasteiger partial charge in [-0.3, -0.25) is 9.59 Å². The fraction of sp³-hybridized carbons (Fsp3) is 0.211. The van der Waals surface area contributed by atoms with Crippen LogP contribution in [0.15, 0.2) is 42.2 Å². The highest BCUT2D eigenvalue weighted by molar-refractivity contribution is 6.27. The average Bonchev–Trinajstić information content (AvgIpc) is 2.93. The molecule has 0 radical (unpaired) electrons. The van der Waals surface area contributed by atoms with Crippen LogP contribution in [0.4, 0.5) is 0 Å². The van der Waals surface area contributed by atoms with E-state index in [1.54, 1.807) is 24.3 Å². The van der Waals surface area contributed by atoms with Gasteiger partial charge < -0.3 is 24.8 Å². The van der Waals surface area contributed by atoms with Gasteiger partial charge in [-0.25, -0.2) is 4.79 Å². The zero-order valence-electron chi connectivity index (χ0n) is 14.1. The lowest BCUT2D eigenvalue weighted by Crippen LogP contribution is -2.65. The van der Waals surface area contributed by atoms with Crippen LogP contribution >= 0.6 is 0 Å². The van der Waals surface area contributed by atoms with Gasteiger partial charge in [-0.15, -0.1) is 0 Å². The Morgan fingerprint density at radius 3 is 2.63 bits per heavy atom. The number of aromatic hydroxyl groups is 1. The molecule has 8 nitrogen and oxygen atoms in total. The molecule has 0 unspecified atom stereocenters. The van der Waals surface area contributed by atoms with E-state index in [2.05, 4.69) is 4.74 Å². The molecule has 27 heavy (non-hydrogen) atoms. The van der Waals surface area contributed by atoms with Gasteiger partial charge in [0.15, 0.2) is 0 Å². The third-order valence-corrected chi connectivity index (χ3v) is 5.04. The molecule has 2 aromatic rings. The van der Waals surface area contributed by atoms with E-state index >= 15 is 0 Å². The number of phenolic OH excluding ortho intramolecular Hbond substituents is 1. The van der Waals surface area contributed by atoms with E-state index in [-0.39, 0.29) is 5.56 Å². The van der Waals surface area contributed by atoms with E-state index in [0.29, 0.717) is 16.8 Å². The number of phenols is 1. The van der Waals surface area contributed by atoms with Crippen molar-refractivity contribution in [3.8, 4) is 5.75 Å². The highest BCUT2D eigenvalue weighted by atomic mass is 16.5. The molecule has 0 bridgehead atoms. The van der Waals surface area contributed by atoms with Crippen molar-refractivity contribution in [1.82, 2.24) is 0 Å². The molecule has 1 aliphatic heterocycles. The maximum absolute atomic E-state index is 13.1. The standard InChI is InChI=1S/C19H14O8/c1-26-13(20)7-12-19(25)17(23)14-11(16(22)18(19,24)8-27-12)6-9-4-2-3-5-10(9)15(14)21/h2-7,21,24-25H,8H2,1H3/b12-7+/t18-,19+/m1/s1. The Labute approximate surface area is 152 Å². The number of Topliss-reactive ketones (excluding diaryl/α,β-unsaturated/α-hetero) is 2. The molecule has 1 aliphatic carbocycles. The highest BCUT2D eigenvalue weighted by Crippen LogP contribution is 2.49. The first kappa shape index (κ1) is 17.2. The zero-order chi connectivity index (χ0) is 19.6. The van der Waals surface area contributed by atoms with Gasteiger partial charge in [0, 0.05) is 10.9 Å². The number of ether oxygens (including phenoxy) is 2. The number of hydrogen-bond donors (Lipinski definition) is 3. The first-order valence-electron chi connectivity index (χ1n) is 7.97. The summed E-state index contributed by atoms with van der Waals surface area (Å²) >= 11 is 0. The zero-order valence-corrected chi connectivity index (χ0v) is 14.1. The first-order valence-corrected chi connectivity index (χ1v) is 7.97. The molecule has 2 aliphatic rings. The Bertz CT molecular complexity index is 1070. The van der Waals surface area contributed by atoms with E-state index < -0.39 is 52.4 Å². The van der Waals surface area contributed by atoms with Crippen molar-refractivity contribution in [3.63, 3.8) is 0 Å². The molecule has 1 heterocycles. The third kappa shape index (κ3) is 1.96. The van der Waals surface area contributed by atoms with Crippen molar-refractivity contribution in [1.29, 1.82) is 0 Å². The summed E-state index contributed by atoms with van der Waals surface area (Å²) in [5.41, 5.74) is -6.16. The summed E-state index contributed by atoms with van der Waals surface area (Å²) in [5.74, 6) is -4.20. The first-order chi connectivity index (χ1) is 12.8. The number of ketones is 2. The van der Waals surface area contributed by atoms with Crippen LogP contribution in [0.25, 0.3) is 10.8 Å². The molecule has 4 rings (SSSR count). The number of fused-ring (bicyclic) bond motifs is 3. The lowest BCUT2D eigenvalue weighted by Gasteiger charge is -2.37. The quantitative estimate of drug-likeness (QED) is 0.488. The predicted octanol–water partition coefficient (Wildman–Crippen LogP) is 0.474. The van der Waals surface area contributed by atoms with Crippen LogP contribution in [0, 0.1) is 0 Å². The molecule has 0 aromatic heterocycles. The van der Waals surface area contributed by atoms with Crippen molar-refractivity contribution >= 4 is 28.3 Å². The summed E-state index contributed by atoms with van der Waals surface area (Å²) in [6.45, 7) is -0.732. The molecule has 0 saturated carbocycles. The van der Waals surface area contributed by atoms with Crippen molar-refractivity contribution < 1.29 is 39.2 Å². The average molecular weight is 370 g/mol. The van der Waals surface area contributed by atoms with Crippen molar-refractivity contribution in [3.05, 3.63) is 53.3 Å². The fourth-order valence-electron chi connectivity index (χ4n) is 3.58. The van der Waals surface area contributed by atoms with Crippen molar-refractivity contribution in [2.24, 2.45) is 0 Å². The molecule has 1 fully saturated rings. The maximum Gasteiger partial charge on any atom is 0.334 e. The topological polar surface area (TPSA) is 130 Å². The third-order valence-electron chi connectivity index (χ3n) is 5.04. The number of methoxy groups -OCH3 is 1. The van der Waals surface area contributed by atoms with Crippen LogP contribution in [0.3, 0.4) is 0 Å². The number of carbonyl (C=O) groups excluding carboxylic acids is 3. The molecule has 8 heteroatoms. The Morgan fingerprint density at radius 2 is 1.93 bits per heavy atom.